The van der Waals surface area contributed by atoms with Gasteiger partial charge < -0.3 is 40.4 Å². The molecule has 6 N–H and O–H groups in total. The summed E-state index contributed by atoms with van der Waals surface area (Å²) in [7, 11) is 7.57. The SMILES string of the molecule is COc1cc(-c2ccc(O)c3c2C[C@H]2C[C@H]4[C@H](N(C)C)C(O)=C(C(N)=O)C(=O)[C@@]4(O)C(O)=C2C3=O)cc(OC)c1OC. The number of carbonyl (C=O) groups excluding carboxylic acids is 3. The number of fused-ring (bicyclic) bond motifs is 3. The molecule has 0 fully saturated rings. The number of aliphatic hydroxyl groups excluding tert-OH is 2. The van der Waals surface area contributed by atoms with Crippen LogP contribution in [0.1, 0.15) is 22.3 Å². The molecule has 0 aliphatic heterocycles. The Balaban J connectivity index is 1.72. The Labute approximate surface area is 241 Å². The molecule has 3 aliphatic carbocycles. The summed E-state index contributed by atoms with van der Waals surface area (Å²) in [5.74, 6) is -5.93. The van der Waals surface area contributed by atoms with Crippen molar-refractivity contribution in [2.75, 3.05) is 35.4 Å². The molecule has 222 valence electrons. The van der Waals surface area contributed by atoms with Crippen LogP contribution in [-0.2, 0) is 16.0 Å². The van der Waals surface area contributed by atoms with Crippen molar-refractivity contribution >= 4 is 17.5 Å². The molecule has 0 saturated heterocycles. The Morgan fingerprint density at radius 1 is 1.02 bits per heavy atom. The Kier molecular flexibility index (Phi) is 6.94. The van der Waals surface area contributed by atoms with E-state index in [2.05, 4.69) is 0 Å². The van der Waals surface area contributed by atoms with E-state index in [4.69, 9.17) is 19.9 Å². The molecular weight excluding hydrogens is 548 g/mol. The molecule has 3 aliphatic rings. The first kappa shape index (κ1) is 29.0. The predicted molar refractivity (Wildman–Crippen MR) is 149 cm³/mol. The Morgan fingerprint density at radius 2 is 1.64 bits per heavy atom. The number of benzene rings is 2. The fourth-order valence-corrected chi connectivity index (χ4v) is 6.76. The van der Waals surface area contributed by atoms with E-state index >= 15 is 0 Å². The van der Waals surface area contributed by atoms with Crippen LogP contribution in [0.2, 0.25) is 0 Å². The summed E-state index contributed by atoms with van der Waals surface area (Å²) in [6.45, 7) is 0. The second kappa shape index (κ2) is 10.1. The van der Waals surface area contributed by atoms with E-state index in [0.717, 1.165) is 0 Å². The summed E-state index contributed by atoms with van der Waals surface area (Å²) >= 11 is 0. The van der Waals surface area contributed by atoms with Crippen LogP contribution in [0.15, 0.2) is 46.9 Å². The maximum absolute atomic E-state index is 14.0. The highest BCUT2D eigenvalue weighted by Gasteiger charge is 2.63. The zero-order valence-electron chi connectivity index (χ0n) is 23.7. The molecule has 0 radical (unpaired) electrons. The molecule has 1 amide bonds. The summed E-state index contributed by atoms with van der Waals surface area (Å²) in [6, 6.07) is 5.33. The van der Waals surface area contributed by atoms with Gasteiger partial charge in [-0.3, -0.25) is 19.3 Å². The van der Waals surface area contributed by atoms with Crippen LogP contribution in [0.5, 0.6) is 23.0 Å². The number of phenolic OH excluding ortho intramolecular Hbond substituents is 1. The van der Waals surface area contributed by atoms with Crippen molar-refractivity contribution in [1.82, 2.24) is 4.90 Å². The van der Waals surface area contributed by atoms with Gasteiger partial charge in [0.15, 0.2) is 22.9 Å². The highest BCUT2D eigenvalue weighted by atomic mass is 16.5. The number of rotatable bonds is 6. The van der Waals surface area contributed by atoms with E-state index in [1.54, 1.807) is 32.3 Å². The quantitative estimate of drug-likeness (QED) is 0.313. The van der Waals surface area contributed by atoms with Crippen LogP contribution < -0.4 is 19.9 Å². The van der Waals surface area contributed by atoms with Crippen molar-refractivity contribution in [2.45, 2.75) is 24.5 Å². The van der Waals surface area contributed by atoms with Gasteiger partial charge >= 0.3 is 0 Å². The number of primary amides is 1. The van der Waals surface area contributed by atoms with Gasteiger partial charge in [0.2, 0.25) is 11.5 Å². The van der Waals surface area contributed by atoms with Gasteiger partial charge in [0.05, 0.1) is 32.9 Å². The molecule has 0 aromatic heterocycles. The molecule has 0 saturated carbocycles. The van der Waals surface area contributed by atoms with Crippen LogP contribution in [0, 0.1) is 11.8 Å². The molecule has 42 heavy (non-hydrogen) atoms. The summed E-state index contributed by atoms with van der Waals surface area (Å²) in [6.07, 6.45) is 0.116. The molecule has 0 heterocycles. The Bertz CT molecular complexity index is 1580. The number of ether oxygens (including phenoxy) is 3. The number of amides is 1. The van der Waals surface area contributed by atoms with Gasteiger partial charge in [-0.25, -0.2) is 0 Å². The number of aromatic hydroxyl groups is 1. The maximum atomic E-state index is 14.0. The molecule has 0 bridgehead atoms. The zero-order valence-corrected chi connectivity index (χ0v) is 23.7. The number of hydrogen-bond donors (Lipinski definition) is 5. The molecule has 0 unspecified atom stereocenters. The van der Waals surface area contributed by atoms with Gasteiger partial charge in [-0.15, -0.1) is 0 Å². The third kappa shape index (κ3) is 3.86. The molecule has 0 spiro atoms. The number of carbonyl (C=O) groups is 3. The number of hydrogen-bond acceptors (Lipinski definition) is 11. The van der Waals surface area contributed by atoms with Gasteiger partial charge in [0, 0.05) is 11.5 Å². The van der Waals surface area contributed by atoms with E-state index in [-0.39, 0.29) is 29.7 Å². The maximum Gasteiger partial charge on any atom is 0.255 e. The largest absolute Gasteiger partial charge is 0.510 e. The van der Waals surface area contributed by atoms with Gasteiger partial charge in [-0.05, 0) is 67.7 Å². The third-order valence-corrected chi connectivity index (χ3v) is 8.58. The normalized spacial score (nSPS) is 25.2. The van der Waals surface area contributed by atoms with E-state index in [1.165, 1.54) is 32.3 Å². The summed E-state index contributed by atoms with van der Waals surface area (Å²) in [5.41, 5.74) is 3.16. The molecule has 5 rings (SSSR count). The summed E-state index contributed by atoms with van der Waals surface area (Å²) in [4.78, 5) is 41.1. The highest BCUT2D eigenvalue weighted by Crippen LogP contribution is 2.53. The van der Waals surface area contributed by atoms with E-state index in [1.807, 2.05) is 0 Å². The van der Waals surface area contributed by atoms with Crippen LogP contribution >= 0.6 is 0 Å². The first-order valence-electron chi connectivity index (χ1n) is 13.1. The minimum Gasteiger partial charge on any atom is -0.510 e. The van der Waals surface area contributed by atoms with Crippen molar-refractivity contribution < 1.29 is 49.0 Å². The predicted octanol–water partition coefficient (Wildman–Crippen LogP) is 1.81. The van der Waals surface area contributed by atoms with Crippen LogP contribution in [0.3, 0.4) is 0 Å². The molecule has 2 aromatic rings. The monoisotopic (exact) mass is 580 g/mol. The van der Waals surface area contributed by atoms with Crippen LogP contribution in [-0.4, -0.2) is 89.9 Å². The standard InChI is InChI=1S/C30H32N2O10/c1-32(2)23-16-9-13-8-15-14(12-10-18(40-3)26(42-5)19(11-12)41-4)6-7-17(33)21(15)24(34)20(13)27(36)30(16,39)28(37)22(25(23)35)29(31)38/h6-7,10-11,13,16,23,33,35-36,39H,8-9H2,1-5H3,(H2,31,38)/t13-,16-,23-,30-/m0/s1. The number of likely N-dealkylation sites (N-methyl/N-ethyl adjacent to an activating group) is 1. The van der Waals surface area contributed by atoms with Crippen molar-refractivity contribution in [1.29, 1.82) is 0 Å². The second-order valence-electron chi connectivity index (χ2n) is 10.9. The van der Waals surface area contributed by atoms with Gasteiger partial charge in [0.25, 0.3) is 5.91 Å². The number of nitrogens with two attached hydrogens (primary N) is 1. The van der Waals surface area contributed by atoms with Crippen LogP contribution in [0.25, 0.3) is 11.1 Å². The summed E-state index contributed by atoms with van der Waals surface area (Å²) in [5, 5.41) is 45.0. The number of aliphatic hydroxyl groups is 3. The zero-order chi connectivity index (χ0) is 30.8. The van der Waals surface area contributed by atoms with Crippen molar-refractivity contribution in [3.05, 3.63) is 58.1 Å². The minimum absolute atomic E-state index is 0.0177. The lowest BCUT2D eigenvalue weighted by Gasteiger charge is -2.50. The minimum atomic E-state index is -2.70. The van der Waals surface area contributed by atoms with E-state index < -0.39 is 58.0 Å². The van der Waals surface area contributed by atoms with Gasteiger partial charge in [-0.1, -0.05) is 6.07 Å². The van der Waals surface area contributed by atoms with Gasteiger partial charge in [0.1, 0.15) is 22.8 Å². The first-order valence-corrected chi connectivity index (χ1v) is 13.1. The molecule has 12 heteroatoms. The number of phenols is 1. The fraction of sp³-hybridized carbons (Fsp3) is 0.367. The highest BCUT2D eigenvalue weighted by molar-refractivity contribution is 6.24. The first-order chi connectivity index (χ1) is 19.8. The third-order valence-electron chi connectivity index (χ3n) is 8.58. The average Bonchev–Trinajstić information content (AvgIpc) is 2.93. The smallest absolute Gasteiger partial charge is 0.255 e. The molecule has 2 aromatic carbocycles. The number of allylic oxidation sites excluding steroid dienone is 1. The molecule has 12 nitrogen and oxygen atoms in total. The van der Waals surface area contributed by atoms with Gasteiger partial charge in [-0.2, -0.15) is 0 Å². The number of nitrogens with zero attached hydrogens (tertiary/aromatic N) is 1. The topological polar surface area (TPSA) is 189 Å². The summed E-state index contributed by atoms with van der Waals surface area (Å²) < 4.78 is 16.4. The Hall–Kier alpha value is -4.55. The number of methoxy groups -OCH3 is 3. The lowest BCUT2D eigenvalue weighted by molar-refractivity contribution is -0.148. The van der Waals surface area contributed by atoms with Crippen molar-refractivity contribution in [2.24, 2.45) is 17.6 Å². The lowest BCUT2D eigenvalue weighted by Crippen LogP contribution is -2.63. The molecule has 4 atom stereocenters. The van der Waals surface area contributed by atoms with E-state index in [0.29, 0.717) is 33.9 Å². The average molecular weight is 581 g/mol. The van der Waals surface area contributed by atoms with E-state index in [9.17, 15) is 34.8 Å². The molecular formula is C30H32N2O10. The number of ketones is 2. The van der Waals surface area contributed by atoms with Crippen LogP contribution in [0.4, 0.5) is 0 Å². The lowest BCUT2D eigenvalue weighted by atomic mass is 9.58. The number of Topliss-reactive ketones (excluding diaryl/α,β-unsaturated/α-hetero) is 2. The van der Waals surface area contributed by atoms with Crippen molar-refractivity contribution in [3.63, 3.8) is 0 Å². The second-order valence-corrected chi connectivity index (χ2v) is 10.9. The fourth-order valence-electron chi connectivity index (χ4n) is 6.76. The van der Waals surface area contributed by atoms with Crippen molar-refractivity contribution in [3.8, 4) is 34.1 Å². The Morgan fingerprint density at radius 3 is 2.17 bits per heavy atom.